The zero-order chi connectivity index (χ0) is 10.7. The van der Waals surface area contributed by atoms with E-state index in [0.29, 0.717) is 0 Å². The fourth-order valence-corrected chi connectivity index (χ4v) is 1.60. The van der Waals surface area contributed by atoms with Crippen LogP contribution >= 0.6 is 0 Å². The van der Waals surface area contributed by atoms with Crippen molar-refractivity contribution in [1.82, 2.24) is 5.32 Å². The Labute approximate surface area is 92.3 Å². The molecule has 1 N–H and O–H groups in total. The van der Waals surface area contributed by atoms with Gasteiger partial charge < -0.3 is 10.2 Å². The summed E-state index contributed by atoms with van der Waals surface area (Å²) >= 11 is 0. The topological polar surface area (TPSA) is 15.3 Å². The van der Waals surface area contributed by atoms with Gasteiger partial charge >= 0.3 is 0 Å². The molecule has 1 aromatic rings. The molecular formula is C13H20N2. The lowest BCUT2D eigenvalue weighted by atomic mass is 10.2. The fourth-order valence-electron chi connectivity index (χ4n) is 1.60. The van der Waals surface area contributed by atoms with Gasteiger partial charge in [-0.05, 0) is 37.5 Å². The number of benzene rings is 1. The molecule has 0 radical (unpaired) electrons. The lowest BCUT2D eigenvalue weighted by Gasteiger charge is -2.16. The second kappa shape index (κ2) is 4.67. The number of nitrogens with zero attached hydrogens (tertiary/aromatic N) is 1. The van der Waals surface area contributed by atoms with Crippen LogP contribution in [0.1, 0.15) is 25.3 Å². The minimum atomic E-state index is 0.794. The molecule has 0 heterocycles. The van der Waals surface area contributed by atoms with Gasteiger partial charge in [0.1, 0.15) is 0 Å². The Morgan fingerprint density at radius 1 is 1.27 bits per heavy atom. The first-order valence-electron chi connectivity index (χ1n) is 5.83. The minimum Gasteiger partial charge on any atom is -0.375 e. The molecule has 0 atom stereocenters. The van der Waals surface area contributed by atoms with Crippen molar-refractivity contribution in [3.8, 4) is 0 Å². The monoisotopic (exact) mass is 204 g/mol. The van der Waals surface area contributed by atoms with Gasteiger partial charge in [0.2, 0.25) is 0 Å². The predicted molar refractivity (Wildman–Crippen MR) is 65.2 cm³/mol. The third-order valence-corrected chi connectivity index (χ3v) is 3.02. The molecule has 1 fully saturated rings. The van der Waals surface area contributed by atoms with Crippen LogP contribution in [0.15, 0.2) is 24.3 Å². The van der Waals surface area contributed by atoms with E-state index in [1.165, 1.54) is 24.1 Å². The first kappa shape index (κ1) is 10.5. The fraction of sp³-hybridized carbons (Fsp3) is 0.538. The summed E-state index contributed by atoms with van der Waals surface area (Å²) in [6.45, 7) is 4.24. The summed E-state index contributed by atoms with van der Waals surface area (Å²) in [4.78, 5) is 2.25. The molecule has 0 aromatic heterocycles. The SMILES string of the molecule is CCN(C)c1ccc(CNC2CC2)cc1. The second-order valence-corrected chi connectivity index (χ2v) is 4.34. The van der Waals surface area contributed by atoms with Crippen molar-refractivity contribution in [3.05, 3.63) is 29.8 Å². The van der Waals surface area contributed by atoms with E-state index in [4.69, 9.17) is 0 Å². The van der Waals surface area contributed by atoms with Gasteiger partial charge in [-0.25, -0.2) is 0 Å². The first-order chi connectivity index (χ1) is 7.29. The normalized spacial score (nSPS) is 15.3. The van der Waals surface area contributed by atoms with Gasteiger partial charge in [-0.15, -0.1) is 0 Å². The maximum atomic E-state index is 3.52. The van der Waals surface area contributed by atoms with Gasteiger partial charge in [-0.2, -0.15) is 0 Å². The molecule has 0 spiro atoms. The molecule has 1 aromatic carbocycles. The van der Waals surface area contributed by atoms with Crippen LogP contribution in [-0.2, 0) is 6.54 Å². The molecule has 0 bridgehead atoms. The molecule has 2 nitrogen and oxygen atoms in total. The average molecular weight is 204 g/mol. The summed E-state index contributed by atoms with van der Waals surface area (Å²) < 4.78 is 0. The van der Waals surface area contributed by atoms with Gasteiger partial charge in [0.25, 0.3) is 0 Å². The summed E-state index contributed by atoms with van der Waals surface area (Å²) in [6, 6.07) is 9.64. The average Bonchev–Trinajstić information content (AvgIpc) is 3.10. The molecular weight excluding hydrogens is 184 g/mol. The van der Waals surface area contributed by atoms with Crippen LogP contribution in [0.5, 0.6) is 0 Å². The molecule has 0 amide bonds. The molecule has 15 heavy (non-hydrogen) atoms. The summed E-state index contributed by atoms with van der Waals surface area (Å²) in [5.41, 5.74) is 2.68. The zero-order valence-electron chi connectivity index (χ0n) is 9.66. The van der Waals surface area contributed by atoms with Crippen molar-refractivity contribution in [1.29, 1.82) is 0 Å². The lowest BCUT2D eigenvalue weighted by Crippen LogP contribution is -2.17. The molecule has 0 unspecified atom stereocenters. The Morgan fingerprint density at radius 3 is 2.47 bits per heavy atom. The molecule has 2 heteroatoms. The van der Waals surface area contributed by atoms with Crippen molar-refractivity contribution in [2.24, 2.45) is 0 Å². The van der Waals surface area contributed by atoms with Crippen LogP contribution < -0.4 is 10.2 Å². The molecule has 1 aliphatic carbocycles. The van der Waals surface area contributed by atoms with E-state index < -0.39 is 0 Å². The van der Waals surface area contributed by atoms with Crippen LogP contribution in [0.4, 0.5) is 5.69 Å². The van der Waals surface area contributed by atoms with Crippen LogP contribution in [0.3, 0.4) is 0 Å². The Morgan fingerprint density at radius 2 is 1.93 bits per heavy atom. The van der Waals surface area contributed by atoms with E-state index in [-0.39, 0.29) is 0 Å². The third kappa shape index (κ3) is 2.96. The maximum absolute atomic E-state index is 3.52. The quantitative estimate of drug-likeness (QED) is 0.792. The van der Waals surface area contributed by atoms with Crippen molar-refractivity contribution in [2.75, 3.05) is 18.5 Å². The minimum absolute atomic E-state index is 0.794. The van der Waals surface area contributed by atoms with E-state index in [2.05, 4.69) is 48.5 Å². The van der Waals surface area contributed by atoms with Gasteiger partial charge in [0, 0.05) is 31.9 Å². The Hall–Kier alpha value is -1.02. The van der Waals surface area contributed by atoms with Gasteiger partial charge in [-0.3, -0.25) is 0 Å². The highest BCUT2D eigenvalue weighted by Crippen LogP contribution is 2.20. The van der Waals surface area contributed by atoms with Gasteiger partial charge in [0.15, 0.2) is 0 Å². The lowest BCUT2D eigenvalue weighted by molar-refractivity contribution is 0.688. The number of nitrogens with one attached hydrogen (secondary N) is 1. The van der Waals surface area contributed by atoms with Gasteiger partial charge in [0.05, 0.1) is 0 Å². The van der Waals surface area contributed by atoms with E-state index in [9.17, 15) is 0 Å². The molecule has 2 rings (SSSR count). The third-order valence-electron chi connectivity index (χ3n) is 3.02. The van der Waals surface area contributed by atoms with E-state index in [1.807, 2.05) is 0 Å². The Kier molecular flexibility index (Phi) is 3.27. The predicted octanol–water partition coefficient (Wildman–Crippen LogP) is 2.39. The van der Waals surface area contributed by atoms with E-state index in [1.54, 1.807) is 0 Å². The number of rotatable bonds is 5. The molecule has 0 saturated heterocycles. The Bertz CT molecular complexity index is 301. The van der Waals surface area contributed by atoms with Crippen LogP contribution in [0, 0.1) is 0 Å². The first-order valence-corrected chi connectivity index (χ1v) is 5.83. The molecule has 1 aliphatic rings. The van der Waals surface area contributed by atoms with Crippen molar-refractivity contribution in [2.45, 2.75) is 32.4 Å². The van der Waals surface area contributed by atoms with Crippen LogP contribution in [0.2, 0.25) is 0 Å². The second-order valence-electron chi connectivity index (χ2n) is 4.34. The van der Waals surface area contributed by atoms with E-state index >= 15 is 0 Å². The van der Waals surface area contributed by atoms with Crippen molar-refractivity contribution < 1.29 is 0 Å². The van der Waals surface area contributed by atoms with Crippen molar-refractivity contribution >= 4 is 5.69 Å². The molecule has 82 valence electrons. The molecule has 1 saturated carbocycles. The smallest absolute Gasteiger partial charge is 0.0363 e. The highest BCUT2D eigenvalue weighted by Gasteiger charge is 2.19. The number of hydrogen-bond donors (Lipinski definition) is 1. The van der Waals surface area contributed by atoms with Crippen LogP contribution in [-0.4, -0.2) is 19.6 Å². The standard InChI is InChI=1S/C13H20N2/c1-3-15(2)13-8-4-11(5-9-13)10-14-12-6-7-12/h4-5,8-9,12,14H,3,6-7,10H2,1-2H3. The van der Waals surface area contributed by atoms with Crippen molar-refractivity contribution in [3.63, 3.8) is 0 Å². The summed E-state index contributed by atoms with van der Waals surface area (Å²) in [6.07, 6.45) is 2.72. The van der Waals surface area contributed by atoms with E-state index in [0.717, 1.165) is 19.1 Å². The zero-order valence-corrected chi connectivity index (χ0v) is 9.66. The highest BCUT2D eigenvalue weighted by molar-refractivity contribution is 5.46. The van der Waals surface area contributed by atoms with Crippen LogP contribution in [0.25, 0.3) is 0 Å². The highest BCUT2D eigenvalue weighted by atomic mass is 15.1. The summed E-state index contributed by atoms with van der Waals surface area (Å²) in [5, 5.41) is 3.52. The number of hydrogen-bond acceptors (Lipinski definition) is 2. The molecule has 0 aliphatic heterocycles. The van der Waals surface area contributed by atoms with Gasteiger partial charge in [-0.1, -0.05) is 12.1 Å². The summed E-state index contributed by atoms with van der Waals surface area (Å²) in [7, 11) is 2.12. The maximum Gasteiger partial charge on any atom is 0.0363 e. The largest absolute Gasteiger partial charge is 0.375 e. The number of anilines is 1. The Balaban J connectivity index is 1.90. The summed E-state index contributed by atoms with van der Waals surface area (Å²) in [5.74, 6) is 0.